The van der Waals surface area contributed by atoms with E-state index < -0.39 is 15.8 Å². The molecule has 1 saturated carbocycles. The first-order chi connectivity index (χ1) is 11.0. The molecule has 126 valence electrons. The van der Waals surface area contributed by atoms with E-state index in [0.29, 0.717) is 32.2 Å². The summed E-state index contributed by atoms with van der Waals surface area (Å²) in [5.41, 5.74) is 0. The Hall–Kier alpha value is -1.32. The fourth-order valence-corrected chi connectivity index (χ4v) is 4.80. The Morgan fingerprint density at radius 2 is 2.04 bits per heavy atom. The van der Waals surface area contributed by atoms with Gasteiger partial charge in [0.05, 0.1) is 30.4 Å². The zero-order chi connectivity index (χ0) is 16.0. The fraction of sp³-hybridized carbons (Fsp3) is 0.714. The van der Waals surface area contributed by atoms with E-state index in [1.165, 1.54) is 0 Å². The van der Waals surface area contributed by atoms with Crippen LogP contribution in [-0.4, -0.2) is 56.0 Å². The van der Waals surface area contributed by atoms with E-state index in [4.69, 9.17) is 4.74 Å². The van der Waals surface area contributed by atoms with Crippen LogP contribution in [0, 0.1) is 17.7 Å². The smallest absolute Gasteiger partial charge is 0.225 e. The Kier molecular flexibility index (Phi) is 3.73. The SMILES string of the molecule is O=S(=O)(NC[C@H]1CO[C@@H]2CN(c3ncc(F)cn3)C[C@H]12)C1CC1. The molecule has 9 heteroatoms. The van der Waals surface area contributed by atoms with Crippen molar-refractivity contribution in [2.45, 2.75) is 24.2 Å². The molecule has 0 amide bonds. The van der Waals surface area contributed by atoms with Gasteiger partial charge in [-0.25, -0.2) is 27.5 Å². The molecule has 1 N–H and O–H groups in total. The molecule has 0 aromatic carbocycles. The van der Waals surface area contributed by atoms with E-state index in [1.807, 2.05) is 4.90 Å². The first-order valence-electron chi connectivity index (χ1n) is 7.85. The van der Waals surface area contributed by atoms with Crippen molar-refractivity contribution in [3.05, 3.63) is 18.2 Å². The van der Waals surface area contributed by atoms with E-state index in [-0.39, 0.29) is 23.2 Å². The normalized spacial score (nSPS) is 30.7. The summed E-state index contributed by atoms with van der Waals surface area (Å²) in [5, 5.41) is -0.201. The highest BCUT2D eigenvalue weighted by Gasteiger charge is 2.45. The van der Waals surface area contributed by atoms with Crippen molar-refractivity contribution in [1.82, 2.24) is 14.7 Å². The van der Waals surface area contributed by atoms with Crippen LogP contribution >= 0.6 is 0 Å². The number of ether oxygens (including phenoxy) is 1. The van der Waals surface area contributed by atoms with Crippen LogP contribution in [0.1, 0.15) is 12.8 Å². The van der Waals surface area contributed by atoms with Gasteiger partial charge in [0.2, 0.25) is 16.0 Å². The van der Waals surface area contributed by atoms with Crippen LogP contribution in [-0.2, 0) is 14.8 Å². The first-order valence-corrected chi connectivity index (χ1v) is 9.40. The first kappa shape index (κ1) is 15.2. The summed E-state index contributed by atoms with van der Waals surface area (Å²) >= 11 is 0. The summed E-state index contributed by atoms with van der Waals surface area (Å²) in [5.74, 6) is 0.419. The number of fused-ring (bicyclic) bond motifs is 1. The maximum Gasteiger partial charge on any atom is 0.225 e. The summed E-state index contributed by atoms with van der Waals surface area (Å²) < 4.78 is 45.3. The van der Waals surface area contributed by atoms with Crippen molar-refractivity contribution in [3.8, 4) is 0 Å². The van der Waals surface area contributed by atoms with Crippen LogP contribution in [0.3, 0.4) is 0 Å². The molecule has 3 heterocycles. The van der Waals surface area contributed by atoms with Gasteiger partial charge < -0.3 is 9.64 Å². The third kappa shape index (κ3) is 3.05. The predicted octanol–water partition coefficient (Wildman–Crippen LogP) is 0.149. The van der Waals surface area contributed by atoms with Crippen molar-refractivity contribution in [2.75, 3.05) is 31.1 Å². The van der Waals surface area contributed by atoms with Gasteiger partial charge in [-0.3, -0.25) is 0 Å². The number of rotatable bonds is 5. The van der Waals surface area contributed by atoms with Gasteiger partial charge in [0.25, 0.3) is 0 Å². The maximum absolute atomic E-state index is 12.9. The quantitative estimate of drug-likeness (QED) is 0.820. The largest absolute Gasteiger partial charge is 0.376 e. The highest BCUT2D eigenvalue weighted by molar-refractivity contribution is 7.90. The van der Waals surface area contributed by atoms with Crippen LogP contribution in [0.15, 0.2) is 12.4 Å². The maximum atomic E-state index is 12.9. The molecular weight excluding hydrogens is 323 g/mol. The van der Waals surface area contributed by atoms with Gasteiger partial charge in [-0.1, -0.05) is 0 Å². The van der Waals surface area contributed by atoms with Crippen LogP contribution in [0.25, 0.3) is 0 Å². The Morgan fingerprint density at radius 1 is 1.30 bits per heavy atom. The molecular formula is C14H19FN4O3S. The molecule has 0 radical (unpaired) electrons. The molecule has 1 aromatic rings. The summed E-state index contributed by atoms with van der Waals surface area (Å²) in [4.78, 5) is 9.97. The highest BCUT2D eigenvalue weighted by Crippen LogP contribution is 2.35. The lowest BCUT2D eigenvalue weighted by atomic mass is 9.93. The molecule has 3 fully saturated rings. The van der Waals surface area contributed by atoms with Crippen molar-refractivity contribution >= 4 is 16.0 Å². The van der Waals surface area contributed by atoms with Crippen molar-refractivity contribution in [3.63, 3.8) is 0 Å². The number of hydrogen-bond acceptors (Lipinski definition) is 6. The second-order valence-electron chi connectivity index (χ2n) is 6.49. The summed E-state index contributed by atoms with van der Waals surface area (Å²) in [6.45, 7) is 2.34. The van der Waals surface area contributed by atoms with Crippen molar-refractivity contribution in [1.29, 1.82) is 0 Å². The number of hydrogen-bond donors (Lipinski definition) is 1. The number of anilines is 1. The number of nitrogens with one attached hydrogen (secondary N) is 1. The van der Waals surface area contributed by atoms with Crippen LogP contribution in [0.2, 0.25) is 0 Å². The molecule has 7 nitrogen and oxygen atoms in total. The second kappa shape index (κ2) is 5.64. The molecule has 1 aromatic heterocycles. The summed E-state index contributed by atoms with van der Waals surface area (Å²) in [6.07, 6.45) is 3.88. The Labute approximate surface area is 134 Å². The Balaban J connectivity index is 1.38. The minimum Gasteiger partial charge on any atom is -0.376 e. The molecule has 0 spiro atoms. The van der Waals surface area contributed by atoms with E-state index in [9.17, 15) is 12.8 Å². The minimum atomic E-state index is -3.16. The fourth-order valence-electron chi connectivity index (χ4n) is 3.36. The van der Waals surface area contributed by atoms with Gasteiger partial charge in [-0.15, -0.1) is 0 Å². The zero-order valence-electron chi connectivity index (χ0n) is 12.6. The summed E-state index contributed by atoms with van der Waals surface area (Å²) in [7, 11) is -3.16. The van der Waals surface area contributed by atoms with Crippen LogP contribution in [0.5, 0.6) is 0 Å². The Morgan fingerprint density at radius 3 is 2.74 bits per heavy atom. The monoisotopic (exact) mass is 342 g/mol. The second-order valence-corrected chi connectivity index (χ2v) is 8.54. The van der Waals surface area contributed by atoms with Gasteiger partial charge in [-0.05, 0) is 12.8 Å². The minimum absolute atomic E-state index is 0.0547. The van der Waals surface area contributed by atoms with Gasteiger partial charge in [0, 0.05) is 31.5 Å². The highest BCUT2D eigenvalue weighted by atomic mass is 32.2. The number of sulfonamides is 1. The molecule has 1 aliphatic carbocycles. The van der Waals surface area contributed by atoms with E-state index in [1.54, 1.807) is 0 Å². The lowest BCUT2D eigenvalue weighted by Crippen LogP contribution is -2.36. The van der Waals surface area contributed by atoms with Gasteiger partial charge in [0.15, 0.2) is 5.82 Å². The number of aromatic nitrogens is 2. The third-order valence-corrected chi connectivity index (χ3v) is 6.76. The van der Waals surface area contributed by atoms with Crippen molar-refractivity contribution < 1.29 is 17.5 Å². The molecule has 0 bridgehead atoms. The lowest BCUT2D eigenvalue weighted by molar-refractivity contribution is 0.111. The molecule has 0 unspecified atom stereocenters. The van der Waals surface area contributed by atoms with Crippen LogP contribution < -0.4 is 9.62 Å². The number of nitrogens with zero attached hydrogens (tertiary/aromatic N) is 3. The molecule has 23 heavy (non-hydrogen) atoms. The average molecular weight is 342 g/mol. The third-order valence-electron chi connectivity index (χ3n) is 4.84. The molecule has 2 aliphatic heterocycles. The molecule has 4 rings (SSSR count). The molecule has 3 aliphatic rings. The van der Waals surface area contributed by atoms with E-state index in [0.717, 1.165) is 25.2 Å². The lowest BCUT2D eigenvalue weighted by Gasteiger charge is -2.19. The van der Waals surface area contributed by atoms with Gasteiger partial charge in [-0.2, -0.15) is 0 Å². The van der Waals surface area contributed by atoms with Gasteiger partial charge in [0.1, 0.15) is 0 Å². The zero-order valence-corrected chi connectivity index (χ0v) is 13.4. The molecule has 3 atom stereocenters. The number of halogens is 1. The van der Waals surface area contributed by atoms with Crippen LogP contribution in [0.4, 0.5) is 10.3 Å². The standard InChI is InChI=1S/C14H19FN4O3S/c15-10-4-16-14(17-5-10)19-6-12-9(8-22-13(12)7-19)3-18-23(20,21)11-1-2-11/h4-5,9,11-13,18H,1-3,6-8H2/t9-,12+,13+/m0/s1. The average Bonchev–Trinajstić information content (AvgIpc) is 3.20. The Bertz CT molecular complexity index is 680. The topological polar surface area (TPSA) is 84.4 Å². The van der Waals surface area contributed by atoms with E-state index >= 15 is 0 Å². The predicted molar refractivity (Wildman–Crippen MR) is 80.9 cm³/mol. The molecule has 2 saturated heterocycles. The van der Waals surface area contributed by atoms with Gasteiger partial charge >= 0.3 is 0 Å². The summed E-state index contributed by atoms with van der Waals surface area (Å²) in [6, 6.07) is 0. The van der Waals surface area contributed by atoms with Crippen molar-refractivity contribution in [2.24, 2.45) is 11.8 Å². The van der Waals surface area contributed by atoms with E-state index in [2.05, 4.69) is 14.7 Å².